The van der Waals surface area contributed by atoms with Gasteiger partial charge in [-0.15, -0.1) is 0 Å². The molecule has 2 nitrogen and oxygen atoms in total. The third-order valence-corrected chi connectivity index (χ3v) is 3.44. The molecule has 0 aliphatic heterocycles. The smallest absolute Gasteiger partial charge is 0.122 e. The number of nitrogens with one attached hydrogen (secondary N) is 1. The second kappa shape index (κ2) is 7.62. The molecular weight excluding hydrogens is 230 g/mol. The first kappa shape index (κ1) is 14.4. The molecule has 0 bridgehead atoms. The Balaban J connectivity index is 2.73. The normalized spacial score (nSPS) is 10.9. The molecule has 0 saturated carbocycles. The number of thioether (sulfide) groups is 1. The Hall–Kier alpha value is -0.670. The maximum absolute atomic E-state index is 5.39. The minimum absolute atomic E-state index is 0.519. The van der Waals surface area contributed by atoms with Crippen LogP contribution in [0.3, 0.4) is 0 Å². The zero-order valence-corrected chi connectivity index (χ0v) is 12.1. The van der Waals surface area contributed by atoms with Crippen molar-refractivity contribution in [1.29, 1.82) is 0 Å². The summed E-state index contributed by atoms with van der Waals surface area (Å²) in [4.78, 5) is 0. The zero-order chi connectivity index (χ0) is 12.7. The molecule has 0 aromatic heterocycles. The first-order chi connectivity index (χ1) is 8.17. The van der Waals surface area contributed by atoms with Crippen molar-refractivity contribution in [2.24, 2.45) is 0 Å². The highest BCUT2D eigenvalue weighted by molar-refractivity contribution is 7.98. The van der Waals surface area contributed by atoms with E-state index in [0.29, 0.717) is 6.04 Å². The first-order valence-corrected chi connectivity index (χ1v) is 7.29. The fourth-order valence-electron chi connectivity index (χ4n) is 1.59. The second-order valence-electron chi connectivity index (χ2n) is 4.32. The second-order valence-corrected chi connectivity index (χ2v) is 5.59. The number of benzene rings is 1. The molecule has 0 aliphatic carbocycles. The molecule has 0 spiro atoms. The van der Waals surface area contributed by atoms with Gasteiger partial charge in [-0.3, -0.25) is 0 Å². The Labute approximate surface area is 109 Å². The molecule has 0 heterocycles. The van der Waals surface area contributed by atoms with Gasteiger partial charge < -0.3 is 10.1 Å². The van der Waals surface area contributed by atoms with Crippen molar-refractivity contribution in [2.75, 3.05) is 12.9 Å². The fourth-order valence-corrected chi connectivity index (χ4v) is 2.24. The molecule has 0 aliphatic rings. The number of hydrogen-bond donors (Lipinski definition) is 1. The Kier molecular flexibility index (Phi) is 6.45. The molecule has 17 heavy (non-hydrogen) atoms. The fraction of sp³-hybridized carbons (Fsp3) is 0.571. The van der Waals surface area contributed by atoms with Crippen LogP contribution in [0.5, 0.6) is 5.75 Å². The van der Waals surface area contributed by atoms with Crippen LogP contribution in [-0.4, -0.2) is 18.9 Å². The molecule has 1 rings (SSSR count). The van der Waals surface area contributed by atoms with Crippen molar-refractivity contribution in [3.8, 4) is 5.75 Å². The van der Waals surface area contributed by atoms with E-state index in [9.17, 15) is 0 Å². The summed E-state index contributed by atoms with van der Waals surface area (Å²) in [5, 5.41) is 3.43. The largest absolute Gasteiger partial charge is 0.496 e. The molecule has 0 saturated heterocycles. The van der Waals surface area contributed by atoms with Gasteiger partial charge in [-0.05, 0) is 23.4 Å². The Bertz CT molecular complexity index is 339. The van der Waals surface area contributed by atoms with Gasteiger partial charge in [0.2, 0.25) is 0 Å². The average molecular weight is 253 g/mol. The maximum atomic E-state index is 5.39. The molecule has 0 amide bonds. The summed E-state index contributed by atoms with van der Waals surface area (Å²) >= 11 is 1.92. The van der Waals surface area contributed by atoms with Crippen molar-refractivity contribution < 1.29 is 4.74 Å². The molecule has 0 radical (unpaired) electrons. The molecule has 96 valence electrons. The third-order valence-electron chi connectivity index (χ3n) is 2.52. The van der Waals surface area contributed by atoms with E-state index in [1.54, 1.807) is 7.11 Å². The van der Waals surface area contributed by atoms with E-state index < -0.39 is 0 Å². The summed E-state index contributed by atoms with van der Waals surface area (Å²) in [6.07, 6.45) is 0. The Morgan fingerprint density at radius 2 is 2.12 bits per heavy atom. The van der Waals surface area contributed by atoms with Crippen LogP contribution in [-0.2, 0) is 12.3 Å². The summed E-state index contributed by atoms with van der Waals surface area (Å²) in [7, 11) is 1.74. The topological polar surface area (TPSA) is 21.3 Å². The molecule has 3 heteroatoms. The monoisotopic (exact) mass is 253 g/mol. The van der Waals surface area contributed by atoms with E-state index in [-0.39, 0.29) is 0 Å². The van der Waals surface area contributed by atoms with E-state index in [1.807, 2.05) is 11.8 Å². The van der Waals surface area contributed by atoms with Gasteiger partial charge in [0.1, 0.15) is 5.75 Å². The van der Waals surface area contributed by atoms with E-state index in [4.69, 9.17) is 4.74 Å². The predicted molar refractivity (Wildman–Crippen MR) is 76.8 cm³/mol. The van der Waals surface area contributed by atoms with E-state index in [0.717, 1.165) is 23.8 Å². The van der Waals surface area contributed by atoms with Gasteiger partial charge in [-0.25, -0.2) is 0 Å². The molecule has 0 atom stereocenters. The summed E-state index contributed by atoms with van der Waals surface area (Å²) in [5.41, 5.74) is 2.62. The van der Waals surface area contributed by atoms with Gasteiger partial charge in [-0.1, -0.05) is 26.8 Å². The highest BCUT2D eigenvalue weighted by Gasteiger charge is 2.04. The lowest BCUT2D eigenvalue weighted by atomic mass is 10.1. The highest BCUT2D eigenvalue weighted by Crippen LogP contribution is 2.24. The van der Waals surface area contributed by atoms with Crippen LogP contribution in [0.15, 0.2) is 18.2 Å². The van der Waals surface area contributed by atoms with Gasteiger partial charge >= 0.3 is 0 Å². The zero-order valence-electron chi connectivity index (χ0n) is 11.2. The Morgan fingerprint density at radius 1 is 1.35 bits per heavy atom. The maximum Gasteiger partial charge on any atom is 0.122 e. The summed E-state index contributed by atoms with van der Waals surface area (Å²) < 4.78 is 5.39. The van der Waals surface area contributed by atoms with Crippen LogP contribution in [0, 0.1) is 0 Å². The van der Waals surface area contributed by atoms with Crippen LogP contribution in [0.2, 0.25) is 0 Å². The van der Waals surface area contributed by atoms with Crippen molar-refractivity contribution in [3.05, 3.63) is 29.3 Å². The molecule has 1 aromatic carbocycles. The predicted octanol–water partition coefficient (Wildman–Crippen LogP) is 3.45. The number of methoxy groups -OCH3 is 1. The lowest BCUT2D eigenvalue weighted by Gasteiger charge is -2.12. The van der Waals surface area contributed by atoms with Gasteiger partial charge in [-0.2, -0.15) is 11.8 Å². The van der Waals surface area contributed by atoms with Crippen LogP contribution in [0.4, 0.5) is 0 Å². The van der Waals surface area contributed by atoms with Crippen molar-refractivity contribution in [2.45, 2.75) is 39.1 Å². The quantitative estimate of drug-likeness (QED) is 0.804. The number of hydrogen-bond acceptors (Lipinski definition) is 3. The molecule has 1 N–H and O–H groups in total. The minimum Gasteiger partial charge on any atom is -0.496 e. The van der Waals surface area contributed by atoms with Gasteiger partial charge in [0, 0.05) is 23.9 Å². The minimum atomic E-state index is 0.519. The Morgan fingerprint density at radius 3 is 2.71 bits per heavy atom. The first-order valence-electron chi connectivity index (χ1n) is 6.14. The lowest BCUT2D eigenvalue weighted by molar-refractivity contribution is 0.411. The molecule has 0 fully saturated rings. The summed E-state index contributed by atoms with van der Waals surface area (Å²) in [6.45, 7) is 7.43. The van der Waals surface area contributed by atoms with Crippen LogP contribution in [0.25, 0.3) is 0 Å². The van der Waals surface area contributed by atoms with Crippen molar-refractivity contribution in [3.63, 3.8) is 0 Å². The molecular formula is C14H23NOS. The van der Waals surface area contributed by atoms with E-state index >= 15 is 0 Å². The molecule has 1 aromatic rings. The lowest BCUT2D eigenvalue weighted by Crippen LogP contribution is -2.21. The van der Waals surface area contributed by atoms with Crippen LogP contribution in [0.1, 0.15) is 31.9 Å². The number of ether oxygens (including phenoxy) is 1. The van der Waals surface area contributed by atoms with Crippen molar-refractivity contribution in [1.82, 2.24) is 5.32 Å². The third kappa shape index (κ3) is 5.00. The number of rotatable bonds is 7. The highest BCUT2D eigenvalue weighted by atomic mass is 32.2. The van der Waals surface area contributed by atoms with Gasteiger partial charge in [0.05, 0.1) is 7.11 Å². The standard InChI is InChI=1S/C14H23NOS/c1-5-17-10-13-8-12(9-15-11(2)3)6-7-14(13)16-4/h6-8,11,15H,5,9-10H2,1-4H3. The van der Waals surface area contributed by atoms with Crippen LogP contribution >= 0.6 is 11.8 Å². The van der Waals surface area contributed by atoms with E-state index in [2.05, 4.69) is 44.3 Å². The van der Waals surface area contributed by atoms with Crippen LogP contribution < -0.4 is 10.1 Å². The van der Waals surface area contributed by atoms with Gasteiger partial charge in [0.25, 0.3) is 0 Å². The van der Waals surface area contributed by atoms with Gasteiger partial charge in [0.15, 0.2) is 0 Å². The summed E-state index contributed by atoms with van der Waals surface area (Å²) in [5.74, 6) is 3.16. The molecule has 0 unspecified atom stereocenters. The SMILES string of the molecule is CCSCc1cc(CNC(C)C)ccc1OC. The van der Waals surface area contributed by atoms with Crippen molar-refractivity contribution >= 4 is 11.8 Å². The average Bonchev–Trinajstić information content (AvgIpc) is 2.33. The van der Waals surface area contributed by atoms with E-state index in [1.165, 1.54) is 11.1 Å². The summed E-state index contributed by atoms with van der Waals surface area (Å²) in [6, 6.07) is 6.97.